The van der Waals surface area contributed by atoms with Gasteiger partial charge in [-0.3, -0.25) is 0 Å². The average Bonchev–Trinajstić information content (AvgIpc) is 2.46. The lowest BCUT2D eigenvalue weighted by atomic mass is 10.3. The molecular formula is C8H9NO4S2. The molecule has 0 saturated carbocycles. The van der Waals surface area contributed by atoms with Crippen LogP contribution in [-0.4, -0.2) is 36.9 Å². The lowest BCUT2D eigenvalue weighted by Crippen LogP contribution is -2.42. The van der Waals surface area contributed by atoms with Gasteiger partial charge in [-0.05, 0) is 17.9 Å². The predicted molar refractivity (Wildman–Crippen MR) is 54.7 cm³/mol. The summed E-state index contributed by atoms with van der Waals surface area (Å²) in [4.78, 5) is 10.6. The third-order valence-corrected chi connectivity index (χ3v) is 5.23. The minimum absolute atomic E-state index is 0.0836. The van der Waals surface area contributed by atoms with Gasteiger partial charge in [0.25, 0.3) is 0 Å². The minimum atomic E-state index is -3.57. The maximum absolute atomic E-state index is 11.9. The van der Waals surface area contributed by atoms with Crippen LogP contribution in [0.2, 0.25) is 0 Å². The Morgan fingerprint density at radius 2 is 2.13 bits per heavy atom. The van der Waals surface area contributed by atoms with Crippen molar-refractivity contribution in [3.8, 4) is 0 Å². The molecule has 2 heterocycles. The van der Waals surface area contributed by atoms with Gasteiger partial charge < -0.3 is 5.11 Å². The van der Waals surface area contributed by atoms with Crippen molar-refractivity contribution < 1.29 is 18.3 Å². The highest BCUT2D eigenvalue weighted by atomic mass is 32.2. The Hall–Kier alpha value is -0.920. The second-order valence-electron chi connectivity index (χ2n) is 3.18. The van der Waals surface area contributed by atoms with Gasteiger partial charge in [0, 0.05) is 13.1 Å². The molecule has 1 fully saturated rings. The van der Waals surface area contributed by atoms with E-state index in [0.717, 1.165) is 17.8 Å². The van der Waals surface area contributed by atoms with Crippen LogP contribution in [0, 0.1) is 0 Å². The number of carboxylic acids is 1. The molecule has 1 aromatic heterocycles. The third-order valence-electron chi connectivity index (χ3n) is 2.26. The van der Waals surface area contributed by atoms with Crippen LogP contribution < -0.4 is 0 Å². The van der Waals surface area contributed by atoms with Crippen LogP contribution in [0.5, 0.6) is 0 Å². The normalized spacial score (nSPS) is 17.3. The van der Waals surface area contributed by atoms with Gasteiger partial charge in [-0.15, -0.1) is 11.3 Å². The van der Waals surface area contributed by atoms with Crippen molar-refractivity contribution in [2.45, 2.75) is 11.3 Å². The Labute approximate surface area is 91.0 Å². The van der Waals surface area contributed by atoms with Gasteiger partial charge in [-0.25, -0.2) is 13.2 Å². The molecule has 15 heavy (non-hydrogen) atoms. The first-order chi connectivity index (χ1) is 7.03. The molecule has 7 heteroatoms. The molecule has 1 aromatic rings. The van der Waals surface area contributed by atoms with Crippen molar-refractivity contribution >= 4 is 27.3 Å². The third kappa shape index (κ3) is 1.66. The number of hydrogen-bond acceptors (Lipinski definition) is 4. The van der Waals surface area contributed by atoms with E-state index in [0.29, 0.717) is 13.1 Å². The van der Waals surface area contributed by atoms with E-state index in [1.807, 2.05) is 0 Å². The van der Waals surface area contributed by atoms with Crippen LogP contribution in [0.25, 0.3) is 0 Å². The summed E-state index contributed by atoms with van der Waals surface area (Å²) in [6.07, 6.45) is 0.839. The summed E-state index contributed by atoms with van der Waals surface area (Å²) in [5.74, 6) is -1.19. The Balaban J connectivity index is 2.44. The fraction of sp³-hybridized carbons (Fsp3) is 0.375. The highest BCUT2D eigenvalue weighted by molar-refractivity contribution is 7.89. The van der Waals surface area contributed by atoms with Crippen LogP contribution in [-0.2, 0) is 10.0 Å². The Morgan fingerprint density at radius 3 is 2.60 bits per heavy atom. The average molecular weight is 247 g/mol. The van der Waals surface area contributed by atoms with Gasteiger partial charge in [0.2, 0.25) is 10.0 Å². The number of aromatic carboxylic acids is 1. The zero-order valence-electron chi connectivity index (χ0n) is 7.71. The van der Waals surface area contributed by atoms with Crippen molar-refractivity contribution in [3.05, 3.63) is 16.3 Å². The quantitative estimate of drug-likeness (QED) is 0.859. The number of thiophene rings is 1. The summed E-state index contributed by atoms with van der Waals surface area (Å²) < 4.78 is 25.0. The highest BCUT2D eigenvalue weighted by Gasteiger charge is 2.33. The van der Waals surface area contributed by atoms with E-state index in [1.54, 1.807) is 0 Å². The molecule has 0 aromatic carbocycles. The lowest BCUT2D eigenvalue weighted by molar-refractivity contribution is 0.0698. The molecule has 0 aliphatic carbocycles. The Morgan fingerprint density at radius 1 is 1.47 bits per heavy atom. The summed E-state index contributed by atoms with van der Waals surface area (Å²) in [6.45, 7) is 0.967. The zero-order chi connectivity index (χ0) is 11.1. The largest absolute Gasteiger partial charge is 0.477 e. The van der Waals surface area contributed by atoms with E-state index in [4.69, 9.17) is 5.11 Å². The van der Waals surface area contributed by atoms with Crippen molar-refractivity contribution in [3.63, 3.8) is 0 Å². The van der Waals surface area contributed by atoms with Crippen LogP contribution in [0.3, 0.4) is 0 Å². The highest BCUT2D eigenvalue weighted by Crippen LogP contribution is 2.27. The molecule has 0 unspecified atom stereocenters. The van der Waals surface area contributed by atoms with Crippen LogP contribution in [0.4, 0.5) is 0 Å². The first-order valence-electron chi connectivity index (χ1n) is 4.34. The Bertz CT molecular complexity index is 486. The second-order valence-corrected chi connectivity index (χ2v) is 6.00. The van der Waals surface area contributed by atoms with E-state index >= 15 is 0 Å². The molecule has 1 N–H and O–H groups in total. The van der Waals surface area contributed by atoms with Crippen molar-refractivity contribution in [2.75, 3.05) is 13.1 Å². The van der Waals surface area contributed by atoms with Crippen molar-refractivity contribution in [2.24, 2.45) is 0 Å². The smallest absolute Gasteiger partial charge is 0.347 e. The van der Waals surface area contributed by atoms with Gasteiger partial charge >= 0.3 is 5.97 Å². The van der Waals surface area contributed by atoms with E-state index in [1.165, 1.54) is 15.8 Å². The minimum Gasteiger partial charge on any atom is -0.477 e. The predicted octanol–water partition coefficient (Wildman–Crippen LogP) is 0.841. The van der Waals surface area contributed by atoms with Crippen LogP contribution in [0.1, 0.15) is 16.1 Å². The summed E-state index contributed by atoms with van der Waals surface area (Å²) in [7, 11) is -3.57. The maximum atomic E-state index is 11.9. The number of rotatable bonds is 3. The molecule has 0 bridgehead atoms. The molecule has 82 valence electrons. The van der Waals surface area contributed by atoms with Gasteiger partial charge in [0.15, 0.2) is 0 Å². The molecule has 1 saturated heterocycles. The molecule has 0 radical (unpaired) electrons. The molecular weight excluding hydrogens is 238 g/mol. The molecule has 2 rings (SSSR count). The summed E-state index contributed by atoms with van der Waals surface area (Å²) in [5, 5.41) is 10.3. The zero-order valence-corrected chi connectivity index (χ0v) is 9.34. The van der Waals surface area contributed by atoms with Gasteiger partial charge in [-0.2, -0.15) is 4.31 Å². The fourth-order valence-corrected chi connectivity index (χ4v) is 4.07. The molecule has 0 amide bonds. The van der Waals surface area contributed by atoms with Crippen molar-refractivity contribution in [1.82, 2.24) is 4.31 Å². The summed E-state index contributed by atoms with van der Waals surface area (Å²) in [5.41, 5.74) is 0. The van der Waals surface area contributed by atoms with E-state index in [2.05, 4.69) is 0 Å². The number of carbonyl (C=O) groups is 1. The second kappa shape index (κ2) is 3.58. The topological polar surface area (TPSA) is 74.7 Å². The number of carboxylic acid groups (broad SMARTS) is 1. The number of hydrogen-bond donors (Lipinski definition) is 1. The van der Waals surface area contributed by atoms with Gasteiger partial charge in [0.1, 0.15) is 9.77 Å². The SMILES string of the molecule is O=C(O)c1sccc1S(=O)(=O)N1CCC1. The maximum Gasteiger partial charge on any atom is 0.347 e. The van der Waals surface area contributed by atoms with Gasteiger partial charge in [0.05, 0.1) is 0 Å². The van der Waals surface area contributed by atoms with E-state index in [-0.39, 0.29) is 9.77 Å². The summed E-state index contributed by atoms with van der Waals surface area (Å²) in [6, 6.07) is 1.35. The lowest BCUT2D eigenvalue weighted by Gasteiger charge is -2.29. The first-order valence-corrected chi connectivity index (χ1v) is 6.66. The van der Waals surface area contributed by atoms with Gasteiger partial charge in [-0.1, -0.05) is 0 Å². The van der Waals surface area contributed by atoms with Crippen LogP contribution in [0.15, 0.2) is 16.3 Å². The molecule has 0 spiro atoms. The Kier molecular flexibility index (Phi) is 2.53. The summed E-state index contributed by atoms with van der Waals surface area (Å²) >= 11 is 0.931. The number of sulfonamides is 1. The standard InChI is InChI=1S/C8H9NO4S2/c10-8(11)7-6(2-5-14-7)15(12,13)9-3-1-4-9/h2,5H,1,3-4H2,(H,10,11). The van der Waals surface area contributed by atoms with E-state index < -0.39 is 16.0 Å². The van der Waals surface area contributed by atoms with E-state index in [9.17, 15) is 13.2 Å². The molecule has 1 aliphatic rings. The first kappa shape index (κ1) is 10.6. The fourth-order valence-electron chi connectivity index (χ4n) is 1.32. The molecule has 5 nitrogen and oxygen atoms in total. The monoisotopic (exact) mass is 247 g/mol. The molecule has 0 atom stereocenters. The van der Waals surface area contributed by atoms with Crippen LogP contribution >= 0.6 is 11.3 Å². The van der Waals surface area contributed by atoms with Crippen molar-refractivity contribution in [1.29, 1.82) is 0 Å². The number of nitrogens with zero attached hydrogens (tertiary/aromatic N) is 1. The molecule has 1 aliphatic heterocycles.